The zero-order chi connectivity index (χ0) is 25.7. The number of hydrogen-bond donors (Lipinski definition) is 1. The molecular formula is C28H36N6O2. The van der Waals surface area contributed by atoms with Crippen molar-refractivity contribution >= 4 is 10.9 Å². The molecule has 4 aromatic rings. The first-order valence-electron chi connectivity index (χ1n) is 12.5. The summed E-state index contributed by atoms with van der Waals surface area (Å²) in [6.45, 7) is 10.8. The highest BCUT2D eigenvalue weighted by Crippen LogP contribution is 2.29. The Hall–Kier alpha value is -3.36. The second kappa shape index (κ2) is 11.6. The summed E-state index contributed by atoms with van der Waals surface area (Å²) in [5, 5.41) is 13.7. The van der Waals surface area contributed by atoms with E-state index in [-0.39, 0.29) is 17.5 Å². The van der Waals surface area contributed by atoms with Crippen molar-refractivity contribution in [1.29, 1.82) is 0 Å². The molecule has 2 aromatic carbocycles. The van der Waals surface area contributed by atoms with Crippen molar-refractivity contribution in [3.63, 3.8) is 0 Å². The normalized spacial score (nSPS) is 12.6. The molecule has 0 amide bonds. The number of aromatic amines is 1. The van der Waals surface area contributed by atoms with Gasteiger partial charge >= 0.3 is 0 Å². The summed E-state index contributed by atoms with van der Waals surface area (Å²) in [5.41, 5.74) is 5.10. The van der Waals surface area contributed by atoms with Gasteiger partial charge in [-0.15, -0.1) is 5.10 Å². The lowest BCUT2D eigenvalue weighted by atomic mass is 9.99. The number of rotatable bonds is 11. The van der Waals surface area contributed by atoms with E-state index in [0.717, 1.165) is 46.4 Å². The summed E-state index contributed by atoms with van der Waals surface area (Å²) in [6, 6.07) is 16.6. The van der Waals surface area contributed by atoms with Gasteiger partial charge in [0.25, 0.3) is 5.56 Å². The van der Waals surface area contributed by atoms with Crippen LogP contribution in [0.4, 0.5) is 0 Å². The van der Waals surface area contributed by atoms with E-state index < -0.39 is 0 Å². The van der Waals surface area contributed by atoms with Crippen LogP contribution < -0.4 is 5.56 Å². The average Bonchev–Trinajstić information content (AvgIpc) is 3.30. The molecule has 0 aliphatic heterocycles. The summed E-state index contributed by atoms with van der Waals surface area (Å²) in [5.74, 6) is 1.01. The van der Waals surface area contributed by atoms with Crippen LogP contribution in [0.5, 0.6) is 0 Å². The number of nitrogens with zero attached hydrogens (tertiary/aromatic N) is 5. The van der Waals surface area contributed by atoms with Crippen LogP contribution in [0.3, 0.4) is 0 Å². The predicted octanol–water partition coefficient (Wildman–Crippen LogP) is 4.22. The molecule has 0 aliphatic carbocycles. The topological polar surface area (TPSA) is 88.9 Å². The summed E-state index contributed by atoms with van der Waals surface area (Å²) in [4.78, 5) is 18.7. The lowest BCUT2D eigenvalue weighted by Gasteiger charge is -2.33. The second-order valence-electron chi connectivity index (χ2n) is 9.81. The molecule has 190 valence electrons. The molecule has 0 bridgehead atoms. The minimum atomic E-state index is -0.0743. The highest BCUT2D eigenvalue weighted by molar-refractivity contribution is 5.83. The molecule has 0 radical (unpaired) electrons. The Bertz CT molecular complexity index is 1350. The highest BCUT2D eigenvalue weighted by Gasteiger charge is 2.29. The molecule has 0 fully saturated rings. The van der Waals surface area contributed by atoms with Crippen LogP contribution in [0, 0.1) is 19.8 Å². The van der Waals surface area contributed by atoms with Crippen LogP contribution in [0.25, 0.3) is 10.9 Å². The Morgan fingerprint density at radius 2 is 1.89 bits per heavy atom. The molecule has 1 atom stereocenters. The van der Waals surface area contributed by atoms with Gasteiger partial charge in [-0.3, -0.25) is 9.69 Å². The summed E-state index contributed by atoms with van der Waals surface area (Å²) >= 11 is 0. The summed E-state index contributed by atoms with van der Waals surface area (Å²) < 4.78 is 7.09. The van der Waals surface area contributed by atoms with Crippen LogP contribution in [0.1, 0.15) is 48.0 Å². The predicted molar refractivity (Wildman–Crippen MR) is 142 cm³/mol. The largest absolute Gasteiger partial charge is 0.383 e. The van der Waals surface area contributed by atoms with E-state index in [0.29, 0.717) is 19.7 Å². The van der Waals surface area contributed by atoms with Gasteiger partial charge in [0.05, 0.1) is 19.2 Å². The molecule has 0 saturated carbocycles. The van der Waals surface area contributed by atoms with Gasteiger partial charge in [-0.05, 0) is 65.4 Å². The van der Waals surface area contributed by atoms with Gasteiger partial charge in [0.1, 0.15) is 0 Å². The number of aryl methyl sites for hydroxylation is 2. The molecule has 0 spiro atoms. The van der Waals surface area contributed by atoms with Crippen molar-refractivity contribution < 1.29 is 4.74 Å². The number of tetrazole rings is 1. The molecule has 8 nitrogen and oxygen atoms in total. The number of aromatic nitrogens is 5. The fourth-order valence-corrected chi connectivity index (χ4v) is 4.93. The molecule has 0 unspecified atom stereocenters. The van der Waals surface area contributed by atoms with Gasteiger partial charge in [-0.25, -0.2) is 4.68 Å². The zero-order valence-electron chi connectivity index (χ0n) is 21.9. The highest BCUT2D eigenvalue weighted by atomic mass is 16.5. The number of methoxy groups -OCH3 is 1. The molecule has 2 aromatic heterocycles. The number of benzene rings is 2. The van der Waals surface area contributed by atoms with E-state index >= 15 is 0 Å². The quantitative estimate of drug-likeness (QED) is 0.340. The monoisotopic (exact) mass is 488 g/mol. The van der Waals surface area contributed by atoms with Crippen molar-refractivity contribution in [2.24, 2.45) is 5.92 Å². The summed E-state index contributed by atoms with van der Waals surface area (Å²) in [7, 11) is 1.67. The Morgan fingerprint density at radius 3 is 2.61 bits per heavy atom. The average molecular weight is 489 g/mol. The smallest absolute Gasteiger partial charge is 0.252 e. The van der Waals surface area contributed by atoms with Crippen molar-refractivity contribution in [3.8, 4) is 0 Å². The fraction of sp³-hybridized carbons (Fsp3) is 0.429. The van der Waals surface area contributed by atoms with Gasteiger partial charge in [0, 0.05) is 36.7 Å². The van der Waals surface area contributed by atoms with E-state index in [2.05, 4.69) is 76.5 Å². The number of hydrogen-bond acceptors (Lipinski definition) is 6. The molecular weight excluding hydrogens is 452 g/mol. The Kier molecular flexibility index (Phi) is 8.28. The van der Waals surface area contributed by atoms with Crippen LogP contribution in [0.15, 0.2) is 53.3 Å². The molecule has 0 aliphatic rings. The van der Waals surface area contributed by atoms with E-state index in [1.54, 1.807) is 7.11 Å². The van der Waals surface area contributed by atoms with Crippen molar-refractivity contribution in [1.82, 2.24) is 30.1 Å². The Morgan fingerprint density at radius 1 is 1.11 bits per heavy atom. The maximum absolute atomic E-state index is 13.2. The van der Waals surface area contributed by atoms with Crippen molar-refractivity contribution in [2.75, 3.05) is 20.3 Å². The van der Waals surface area contributed by atoms with Crippen molar-refractivity contribution in [3.05, 3.63) is 87.0 Å². The number of nitrogens with one attached hydrogen (secondary N) is 1. The first kappa shape index (κ1) is 25.7. The number of fused-ring (bicyclic) bond motifs is 1. The number of ether oxygens (including phenoxy) is 1. The molecule has 4 rings (SSSR count). The van der Waals surface area contributed by atoms with Gasteiger partial charge in [0.2, 0.25) is 0 Å². The van der Waals surface area contributed by atoms with E-state index in [9.17, 15) is 4.79 Å². The van der Waals surface area contributed by atoms with Gasteiger partial charge < -0.3 is 9.72 Å². The molecule has 8 heteroatoms. The standard InChI is InChI=1S/C28H36N6O2/c1-19(2)26(27-30-31-32-34(27)13-14-36-5)33(12-11-22-9-7-6-8-10-22)18-23-17-24-21(4)15-20(3)16-25(24)29-28(23)35/h6-10,15-17,19,26H,11-14,18H2,1-5H3,(H,29,35)/t26-/m1/s1. The Labute approximate surface area is 212 Å². The first-order chi connectivity index (χ1) is 17.4. The Balaban J connectivity index is 1.73. The SMILES string of the molecule is COCCn1nnnc1[C@@H](C(C)C)N(CCc1ccccc1)Cc1cc2c(C)cc(C)cc2[nH]c1=O. The number of pyridine rings is 1. The van der Waals surface area contributed by atoms with Gasteiger partial charge in [0.15, 0.2) is 5.82 Å². The zero-order valence-corrected chi connectivity index (χ0v) is 21.9. The maximum Gasteiger partial charge on any atom is 0.252 e. The van der Waals surface area contributed by atoms with Gasteiger partial charge in [-0.2, -0.15) is 0 Å². The fourth-order valence-electron chi connectivity index (χ4n) is 4.93. The minimum absolute atomic E-state index is 0.0568. The van der Waals surface area contributed by atoms with E-state index in [1.165, 1.54) is 5.56 Å². The molecule has 0 saturated heterocycles. The third-order valence-corrected chi connectivity index (χ3v) is 6.65. The third kappa shape index (κ3) is 5.88. The number of H-pyrrole nitrogens is 1. The van der Waals surface area contributed by atoms with Gasteiger partial charge in [-0.1, -0.05) is 50.2 Å². The first-order valence-corrected chi connectivity index (χ1v) is 12.5. The van der Waals surface area contributed by atoms with Crippen LogP contribution in [0.2, 0.25) is 0 Å². The van der Waals surface area contributed by atoms with Crippen LogP contribution in [-0.4, -0.2) is 50.4 Å². The van der Waals surface area contributed by atoms with Crippen molar-refractivity contribution in [2.45, 2.75) is 53.2 Å². The molecule has 2 heterocycles. The summed E-state index contributed by atoms with van der Waals surface area (Å²) in [6.07, 6.45) is 0.855. The van der Waals surface area contributed by atoms with Crippen LogP contribution in [-0.2, 0) is 24.2 Å². The molecule has 36 heavy (non-hydrogen) atoms. The van der Waals surface area contributed by atoms with E-state index in [1.807, 2.05) is 29.8 Å². The van der Waals surface area contributed by atoms with Crippen LogP contribution >= 0.6 is 0 Å². The lowest BCUT2D eigenvalue weighted by molar-refractivity contribution is 0.130. The van der Waals surface area contributed by atoms with E-state index in [4.69, 9.17) is 4.74 Å². The minimum Gasteiger partial charge on any atom is -0.383 e. The lowest BCUT2D eigenvalue weighted by Crippen LogP contribution is -2.37. The maximum atomic E-state index is 13.2. The molecule has 1 N–H and O–H groups in total. The third-order valence-electron chi connectivity index (χ3n) is 6.65. The second-order valence-corrected chi connectivity index (χ2v) is 9.81.